The zero-order valence-corrected chi connectivity index (χ0v) is 15.8. The van der Waals surface area contributed by atoms with Gasteiger partial charge in [-0.1, -0.05) is 35.8 Å². The number of rotatable bonds is 2. The number of esters is 1. The van der Waals surface area contributed by atoms with Crippen LogP contribution in [0, 0.1) is 17.3 Å². The first-order valence-electron chi connectivity index (χ1n) is 8.57. The van der Waals surface area contributed by atoms with E-state index in [9.17, 15) is 4.79 Å². The molecule has 0 bridgehead atoms. The molecule has 1 aromatic rings. The van der Waals surface area contributed by atoms with Gasteiger partial charge >= 0.3 is 5.97 Å². The summed E-state index contributed by atoms with van der Waals surface area (Å²) < 4.78 is 6.41. The summed E-state index contributed by atoms with van der Waals surface area (Å²) in [5.41, 5.74) is 7.80. The van der Waals surface area contributed by atoms with Crippen LogP contribution in [0.2, 0.25) is 0 Å². The molecule has 3 rings (SSSR count). The highest BCUT2D eigenvalue weighted by Crippen LogP contribution is 2.59. The molecule has 4 heteroatoms. The van der Waals surface area contributed by atoms with E-state index in [0.717, 1.165) is 29.3 Å². The molecule has 1 saturated carbocycles. The summed E-state index contributed by atoms with van der Waals surface area (Å²) in [5, 5.41) is 0. The number of nitrogens with two attached hydrogens (primary N) is 1. The monoisotopic (exact) mass is 379 g/mol. The molecule has 1 fully saturated rings. The SMILES string of the molecule is CCOC(=O)C1(N)c2cc(Br)ccc2CC12CC(C)CC(C)C2. The van der Waals surface area contributed by atoms with E-state index in [1.807, 2.05) is 19.1 Å². The zero-order valence-electron chi connectivity index (χ0n) is 14.2. The maximum atomic E-state index is 13.0. The van der Waals surface area contributed by atoms with Crippen LogP contribution in [-0.4, -0.2) is 12.6 Å². The van der Waals surface area contributed by atoms with Crippen LogP contribution in [-0.2, 0) is 21.5 Å². The number of hydrogen-bond acceptors (Lipinski definition) is 3. The third-order valence-corrected chi connectivity index (χ3v) is 6.24. The van der Waals surface area contributed by atoms with Crippen LogP contribution in [0.15, 0.2) is 22.7 Å². The average Bonchev–Trinajstić information content (AvgIpc) is 2.68. The molecule has 3 atom stereocenters. The summed E-state index contributed by atoms with van der Waals surface area (Å²) >= 11 is 3.53. The van der Waals surface area contributed by atoms with E-state index in [0.29, 0.717) is 18.4 Å². The highest BCUT2D eigenvalue weighted by molar-refractivity contribution is 9.10. The van der Waals surface area contributed by atoms with Gasteiger partial charge in [-0.05, 0) is 67.7 Å². The standard InChI is InChI=1S/C19H26BrNO2/c1-4-23-17(22)19(21)16-8-15(20)6-5-14(16)11-18(19)9-12(2)7-13(3)10-18/h5-6,8,12-13H,4,7,9-11,21H2,1-3H3. The Hall–Kier alpha value is -0.870. The second kappa shape index (κ2) is 5.89. The molecule has 0 heterocycles. The first-order chi connectivity index (χ1) is 10.8. The maximum absolute atomic E-state index is 13.0. The lowest BCUT2D eigenvalue weighted by atomic mass is 9.57. The lowest BCUT2D eigenvalue weighted by Gasteiger charge is -2.48. The Bertz CT molecular complexity index is 620. The fourth-order valence-electron chi connectivity index (χ4n) is 5.17. The Balaban J connectivity index is 2.15. The molecule has 126 valence electrons. The second-order valence-corrected chi connectivity index (χ2v) is 8.56. The van der Waals surface area contributed by atoms with Crippen molar-refractivity contribution in [3.63, 3.8) is 0 Å². The molecular formula is C19H26BrNO2. The van der Waals surface area contributed by atoms with Gasteiger partial charge in [0.1, 0.15) is 5.54 Å². The van der Waals surface area contributed by atoms with E-state index in [-0.39, 0.29) is 11.4 Å². The lowest BCUT2D eigenvalue weighted by molar-refractivity contribution is -0.158. The van der Waals surface area contributed by atoms with Crippen molar-refractivity contribution in [2.24, 2.45) is 23.0 Å². The Morgan fingerprint density at radius 1 is 1.35 bits per heavy atom. The Kier molecular flexibility index (Phi) is 4.35. The molecule has 23 heavy (non-hydrogen) atoms. The molecule has 0 radical (unpaired) electrons. The second-order valence-electron chi connectivity index (χ2n) is 7.64. The van der Waals surface area contributed by atoms with Gasteiger partial charge in [0.05, 0.1) is 6.61 Å². The fourth-order valence-corrected chi connectivity index (χ4v) is 5.53. The Labute approximate surface area is 147 Å². The van der Waals surface area contributed by atoms with Crippen LogP contribution in [0.1, 0.15) is 51.2 Å². The summed E-state index contributed by atoms with van der Waals surface area (Å²) in [6, 6.07) is 6.17. The van der Waals surface area contributed by atoms with Gasteiger partial charge in [-0.25, -0.2) is 4.79 Å². The first kappa shape index (κ1) is 17.0. The fraction of sp³-hybridized carbons (Fsp3) is 0.632. The van der Waals surface area contributed by atoms with Gasteiger partial charge in [0, 0.05) is 9.89 Å². The number of ether oxygens (including phenoxy) is 1. The normalized spacial score (nSPS) is 36.0. The van der Waals surface area contributed by atoms with E-state index in [1.54, 1.807) is 0 Å². The molecule has 2 N–H and O–H groups in total. The maximum Gasteiger partial charge on any atom is 0.331 e. The summed E-state index contributed by atoms with van der Waals surface area (Å²) in [6.45, 7) is 6.77. The molecule has 1 aromatic carbocycles. The number of halogens is 1. The number of benzene rings is 1. The van der Waals surface area contributed by atoms with Crippen LogP contribution < -0.4 is 5.73 Å². The van der Waals surface area contributed by atoms with Gasteiger partial charge in [0.2, 0.25) is 0 Å². The summed E-state index contributed by atoms with van der Waals surface area (Å²) in [5.74, 6) is 0.890. The smallest absolute Gasteiger partial charge is 0.331 e. The van der Waals surface area contributed by atoms with E-state index in [4.69, 9.17) is 10.5 Å². The van der Waals surface area contributed by atoms with Crippen molar-refractivity contribution in [1.82, 2.24) is 0 Å². The van der Waals surface area contributed by atoms with E-state index < -0.39 is 5.54 Å². The van der Waals surface area contributed by atoms with Crippen molar-refractivity contribution >= 4 is 21.9 Å². The molecule has 0 saturated heterocycles. The van der Waals surface area contributed by atoms with Gasteiger partial charge in [-0.15, -0.1) is 0 Å². The third kappa shape index (κ3) is 2.54. The topological polar surface area (TPSA) is 52.3 Å². The minimum Gasteiger partial charge on any atom is -0.464 e. The molecule has 3 nitrogen and oxygen atoms in total. The van der Waals surface area contributed by atoms with E-state index in [1.165, 1.54) is 12.0 Å². The van der Waals surface area contributed by atoms with E-state index >= 15 is 0 Å². The van der Waals surface area contributed by atoms with Crippen LogP contribution in [0.3, 0.4) is 0 Å². The molecule has 0 aliphatic heterocycles. The van der Waals surface area contributed by atoms with Crippen molar-refractivity contribution in [3.8, 4) is 0 Å². The van der Waals surface area contributed by atoms with Crippen molar-refractivity contribution in [2.75, 3.05) is 6.61 Å². The zero-order chi connectivity index (χ0) is 16.8. The number of hydrogen-bond donors (Lipinski definition) is 1. The number of carbonyl (C=O) groups is 1. The molecule has 0 aromatic heterocycles. The van der Waals surface area contributed by atoms with Crippen molar-refractivity contribution < 1.29 is 9.53 Å². The predicted molar refractivity (Wildman–Crippen MR) is 95.0 cm³/mol. The van der Waals surface area contributed by atoms with Gasteiger partial charge in [-0.2, -0.15) is 0 Å². The Morgan fingerprint density at radius 2 is 2.00 bits per heavy atom. The molecule has 1 spiro atoms. The summed E-state index contributed by atoms with van der Waals surface area (Å²) in [7, 11) is 0. The minimum absolute atomic E-state index is 0.223. The Morgan fingerprint density at radius 3 is 2.61 bits per heavy atom. The third-order valence-electron chi connectivity index (χ3n) is 5.74. The predicted octanol–water partition coefficient (Wildman–Crippen LogP) is 4.16. The van der Waals surface area contributed by atoms with Crippen molar-refractivity contribution in [3.05, 3.63) is 33.8 Å². The van der Waals surface area contributed by atoms with Crippen LogP contribution in [0.5, 0.6) is 0 Å². The minimum atomic E-state index is -1.04. The van der Waals surface area contributed by atoms with Gasteiger partial charge in [0.15, 0.2) is 0 Å². The molecular weight excluding hydrogens is 354 g/mol. The summed E-state index contributed by atoms with van der Waals surface area (Å²) in [6.07, 6.45) is 4.05. The van der Waals surface area contributed by atoms with Gasteiger partial charge < -0.3 is 10.5 Å². The number of carbonyl (C=O) groups excluding carboxylic acids is 1. The van der Waals surface area contributed by atoms with E-state index in [2.05, 4.69) is 35.8 Å². The quantitative estimate of drug-likeness (QED) is 0.784. The highest BCUT2D eigenvalue weighted by Gasteiger charge is 2.62. The van der Waals surface area contributed by atoms with Gasteiger partial charge in [-0.3, -0.25) is 0 Å². The largest absolute Gasteiger partial charge is 0.464 e. The number of fused-ring (bicyclic) bond motifs is 1. The summed E-state index contributed by atoms with van der Waals surface area (Å²) in [4.78, 5) is 13.0. The molecule has 3 unspecified atom stereocenters. The highest BCUT2D eigenvalue weighted by atomic mass is 79.9. The lowest BCUT2D eigenvalue weighted by Crippen LogP contribution is -2.58. The van der Waals surface area contributed by atoms with Gasteiger partial charge in [0.25, 0.3) is 0 Å². The molecule has 0 amide bonds. The first-order valence-corrected chi connectivity index (χ1v) is 9.36. The average molecular weight is 380 g/mol. The van der Waals surface area contributed by atoms with Crippen molar-refractivity contribution in [1.29, 1.82) is 0 Å². The molecule has 2 aliphatic carbocycles. The molecule has 2 aliphatic rings. The van der Waals surface area contributed by atoms with Crippen LogP contribution in [0.25, 0.3) is 0 Å². The van der Waals surface area contributed by atoms with Crippen molar-refractivity contribution in [2.45, 2.75) is 52.0 Å². The van der Waals surface area contributed by atoms with Crippen LogP contribution in [0.4, 0.5) is 0 Å². The van der Waals surface area contributed by atoms with Crippen LogP contribution >= 0.6 is 15.9 Å².